The summed E-state index contributed by atoms with van der Waals surface area (Å²) in [5.41, 5.74) is 2.10. The third-order valence-corrected chi connectivity index (χ3v) is 5.33. The number of nitrogens with one attached hydrogen (secondary N) is 2. The highest BCUT2D eigenvalue weighted by atomic mass is 16.2. The molecule has 0 bridgehead atoms. The molecular weight excluding hydrogens is 314 g/mol. The molecule has 2 saturated heterocycles. The maximum atomic E-state index is 12.2. The van der Waals surface area contributed by atoms with Gasteiger partial charge in [-0.25, -0.2) is 9.48 Å². The van der Waals surface area contributed by atoms with Crippen LogP contribution in [0.1, 0.15) is 31.2 Å². The van der Waals surface area contributed by atoms with E-state index in [4.69, 9.17) is 0 Å². The molecule has 6 heteroatoms. The van der Waals surface area contributed by atoms with Crippen molar-refractivity contribution < 1.29 is 4.79 Å². The van der Waals surface area contributed by atoms with Gasteiger partial charge in [-0.3, -0.25) is 4.90 Å². The molecule has 1 aromatic heterocycles. The summed E-state index contributed by atoms with van der Waals surface area (Å²) < 4.78 is 1.82. The fourth-order valence-corrected chi connectivity index (χ4v) is 4.01. The number of piperidine rings is 1. The highest BCUT2D eigenvalue weighted by molar-refractivity contribution is 5.74. The third-order valence-electron chi connectivity index (χ3n) is 5.33. The van der Waals surface area contributed by atoms with Gasteiger partial charge in [0.25, 0.3) is 0 Å². The van der Waals surface area contributed by atoms with Crippen molar-refractivity contribution in [1.82, 2.24) is 25.3 Å². The van der Waals surface area contributed by atoms with Crippen LogP contribution in [0.15, 0.2) is 42.7 Å². The Balaban J connectivity index is 1.27. The Morgan fingerprint density at radius 1 is 1.16 bits per heavy atom. The second-order valence-electron chi connectivity index (χ2n) is 6.94. The number of amides is 2. The summed E-state index contributed by atoms with van der Waals surface area (Å²) in [5, 5.41) is 10.4. The number of hydrogen-bond acceptors (Lipinski definition) is 3. The summed E-state index contributed by atoms with van der Waals surface area (Å²) in [7, 11) is 0. The molecule has 2 aromatic rings. The number of benzene rings is 1. The second-order valence-corrected chi connectivity index (χ2v) is 6.94. The van der Waals surface area contributed by atoms with E-state index >= 15 is 0 Å². The number of carbonyl (C=O) groups excluding carboxylic acids is 1. The van der Waals surface area contributed by atoms with E-state index in [1.54, 1.807) is 6.20 Å². The van der Waals surface area contributed by atoms with E-state index < -0.39 is 0 Å². The number of urea groups is 1. The number of rotatable bonds is 4. The SMILES string of the molecule is O=C(NCc1ccc(-n2cccn2)cc1)N[C@H]1CCN2CCCC[C@H]12. The maximum absolute atomic E-state index is 12.2. The maximum Gasteiger partial charge on any atom is 0.315 e. The number of fused-ring (bicyclic) bond motifs is 1. The first-order chi connectivity index (χ1) is 12.3. The first-order valence-corrected chi connectivity index (χ1v) is 9.17. The molecule has 3 heterocycles. The summed E-state index contributed by atoms with van der Waals surface area (Å²) in [6.45, 7) is 2.84. The van der Waals surface area contributed by atoms with Crippen LogP contribution in [0.4, 0.5) is 4.79 Å². The number of nitrogens with zero attached hydrogens (tertiary/aromatic N) is 3. The molecule has 2 atom stereocenters. The van der Waals surface area contributed by atoms with Crippen molar-refractivity contribution in [1.29, 1.82) is 0 Å². The van der Waals surface area contributed by atoms with Crippen molar-refractivity contribution in [3.63, 3.8) is 0 Å². The minimum Gasteiger partial charge on any atom is -0.334 e. The molecule has 0 saturated carbocycles. The smallest absolute Gasteiger partial charge is 0.315 e. The van der Waals surface area contributed by atoms with Gasteiger partial charge in [0.15, 0.2) is 0 Å². The molecule has 2 amide bonds. The minimum atomic E-state index is -0.0615. The molecule has 6 nitrogen and oxygen atoms in total. The van der Waals surface area contributed by atoms with Crippen LogP contribution in [-0.2, 0) is 6.54 Å². The van der Waals surface area contributed by atoms with Crippen LogP contribution in [0, 0.1) is 0 Å². The molecule has 4 rings (SSSR count). The van der Waals surface area contributed by atoms with Crippen LogP contribution < -0.4 is 10.6 Å². The standard InChI is InChI=1S/C19H25N5O/c25-19(22-17-9-13-23-11-2-1-4-18(17)23)20-14-15-5-7-16(8-6-15)24-12-3-10-21-24/h3,5-8,10,12,17-18H,1-2,4,9,11,13-14H2,(H2,20,22,25)/t17-,18+/m0/s1. The van der Waals surface area contributed by atoms with Crippen LogP contribution in [0.2, 0.25) is 0 Å². The Labute approximate surface area is 148 Å². The normalized spacial score (nSPS) is 23.2. The third kappa shape index (κ3) is 3.69. The van der Waals surface area contributed by atoms with E-state index in [9.17, 15) is 4.79 Å². The van der Waals surface area contributed by atoms with E-state index in [0.29, 0.717) is 18.6 Å². The van der Waals surface area contributed by atoms with Crippen LogP contribution in [0.3, 0.4) is 0 Å². The Kier molecular flexibility index (Phi) is 4.70. The molecular formula is C19H25N5O. The molecule has 0 spiro atoms. The van der Waals surface area contributed by atoms with Crippen molar-refractivity contribution in [3.8, 4) is 5.69 Å². The molecule has 2 aliphatic rings. The summed E-state index contributed by atoms with van der Waals surface area (Å²) in [6, 6.07) is 10.7. The summed E-state index contributed by atoms with van der Waals surface area (Å²) in [5.74, 6) is 0. The molecule has 1 aromatic carbocycles. The number of carbonyl (C=O) groups is 1. The zero-order valence-electron chi connectivity index (χ0n) is 14.4. The highest BCUT2D eigenvalue weighted by Crippen LogP contribution is 2.27. The van der Waals surface area contributed by atoms with Gasteiger partial charge in [0.2, 0.25) is 0 Å². The lowest BCUT2D eigenvalue weighted by Crippen LogP contribution is -2.49. The van der Waals surface area contributed by atoms with Gasteiger partial charge in [-0.15, -0.1) is 0 Å². The summed E-state index contributed by atoms with van der Waals surface area (Å²) in [6.07, 6.45) is 8.52. The Morgan fingerprint density at radius 2 is 2.04 bits per heavy atom. The molecule has 0 radical (unpaired) electrons. The average Bonchev–Trinajstić information content (AvgIpc) is 3.31. The highest BCUT2D eigenvalue weighted by Gasteiger charge is 2.36. The van der Waals surface area contributed by atoms with Gasteiger partial charge in [0, 0.05) is 37.6 Å². The van der Waals surface area contributed by atoms with E-state index in [2.05, 4.69) is 20.6 Å². The van der Waals surface area contributed by atoms with Gasteiger partial charge in [-0.05, 0) is 49.6 Å². The largest absolute Gasteiger partial charge is 0.334 e. The fraction of sp³-hybridized carbons (Fsp3) is 0.474. The molecule has 0 unspecified atom stereocenters. The number of hydrogen-bond donors (Lipinski definition) is 2. The molecule has 0 aliphatic carbocycles. The van der Waals surface area contributed by atoms with Crippen molar-refractivity contribution in [3.05, 3.63) is 48.3 Å². The van der Waals surface area contributed by atoms with Crippen LogP contribution in [0.5, 0.6) is 0 Å². The predicted octanol–water partition coefficient (Wildman–Crippen LogP) is 2.30. The molecule has 2 N–H and O–H groups in total. The molecule has 2 fully saturated rings. The minimum absolute atomic E-state index is 0.0615. The van der Waals surface area contributed by atoms with Gasteiger partial charge >= 0.3 is 6.03 Å². The van der Waals surface area contributed by atoms with Gasteiger partial charge in [-0.1, -0.05) is 18.6 Å². The van der Waals surface area contributed by atoms with Crippen LogP contribution >= 0.6 is 0 Å². The Bertz CT molecular complexity index is 697. The lowest BCUT2D eigenvalue weighted by atomic mass is 9.99. The van der Waals surface area contributed by atoms with E-state index in [1.807, 2.05) is 41.2 Å². The van der Waals surface area contributed by atoms with E-state index in [-0.39, 0.29) is 6.03 Å². The Hall–Kier alpha value is -2.34. The molecule has 25 heavy (non-hydrogen) atoms. The van der Waals surface area contributed by atoms with Crippen molar-refractivity contribution >= 4 is 6.03 Å². The average molecular weight is 339 g/mol. The lowest BCUT2D eigenvalue weighted by Gasteiger charge is -2.32. The monoisotopic (exact) mass is 339 g/mol. The topological polar surface area (TPSA) is 62.2 Å². The van der Waals surface area contributed by atoms with Gasteiger partial charge in [-0.2, -0.15) is 5.10 Å². The van der Waals surface area contributed by atoms with Crippen molar-refractivity contribution in [2.45, 2.75) is 44.3 Å². The van der Waals surface area contributed by atoms with Gasteiger partial charge in [0.05, 0.1) is 5.69 Å². The zero-order valence-corrected chi connectivity index (χ0v) is 14.4. The summed E-state index contributed by atoms with van der Waals surface area (Å²) in [4.78, 5) is 14.8. The number of aromatic nitrogens is 2. The molecule has 2 aliphatic heterocycles. The van der Waals surface area contributed by atoms with Crippen LogP contribution in [0.25, 0.3) is 5.69 Å². The van der Waals surface area contributed by atoms with Gasteiger partial charge in [0.1, 0.15) is 0 Å². The second kappa shape index (κ2) is 7.27. The Morgan fingerprint density at radius 3 is 2.84 bits per heavy atom. The first-order valence-electron chi connectivity index (χ1n) is 9.17. The van der Waals surface area contributed by atoms with Crippen LogP contribution in [-0.4, -0.2) is 45.9 Å². The lowest BCUT2D eigenvalue weighted by molar-refractivity contribution is 0.179. The summed E-state index contributed by atoms with van der Waals surface area (Å²) >= 11 is 0. The van der Waals surface area contributed by atoms with Crippen molar-refractivity contribution in [2.75, 3.05) is 13.1 Å². The predicted molar refractivity (Wildman–Crippen MR) is 96.6 cm³/mol. The first kappa shape index (κ1) is 16.1. The van der Waals surface area contributed by atoms with E-state index in [0.717, 1.165) is 24.2 Å². The zero-order chi connectivity index (χ0) is 17.1. The molecule has 132 valence electrons. The fourth-order valence-electron chi connectivity index (χ4n) is 4.01. The quantitative estimate of drug-likeness (QED) is 0.898. The van der Waals surface area contributed by atoms with Gasteiger partial charge < -0.3 is 10.6 Å². The van der Waals surface area contributed by atoms with E-state index in [1.165, 1.54) is 25.8 Å². The van der Waals surface area contributed by atoms with Crippen molar-refractivity contribution in [2.24, 2.45) is 0 Å².